The van der Waals surface area contributed by atoms with Gasteiger partial charge in [-0.2, -0.15) is 8.42 Å². The Balaban J connectivity index is 0.000000302. The molecule has 34 heteroatoms. The van der Waals surface area contributed by atoms with Crippen LogP contribution in [-0.4, -0.2) is 129 Å². The van der Waals surface area contributed by atoms with Crippen molar-refractivity contribution in [3.63, 3.8) is 0 Å². The Morgan fingerprint density at radius 3 is 1.07 bits per heavy atom. The lowest BCUT2D eigenvalue weighted by molar-refractivity contribution is -0.136. The molecule has 0 saturated heterocycles. The highest BCUT2D eigenvalue weighted by Crippen LogP contribution is 2.23. The highest BCUT2D eigenvalue weighted by atomic mass is 32.2. The maximum atomic E-state index is 12.8. The topological polar surface area (TPSA) is 363 Å². The van der Waals surface area contributed by atoms with Crippen molar-refractivity contribution < 1.29 is 84.0 Å². The second-order valence-electron chi connectivity index (χ2n) is 22.7. The Bertz CT molecular complexity index is 3500. The summed E-state index contributed by atoms with van der Waals surface area (Å²) in [6.45, 7) is 22.3. The SMILES string of the molecule is CC(C)(C)OC(=O)Nc1nc(CC(=O)O)cs1.CC(C)(C)OC(=O)Nc1nc(CCO)cs1.CC(C)(C)OC(=O)Nc1nc(CCOS(C)(=O)=O)cs1.CC(C)(C)OC(=O)Nc1nc(CCOc2ccc(F)cc2)cs1.Nc1nc(CCOc2ccc(F)cc2)cs1. The van der Waals surface area contributed by atoms with Crippen LogP contribution in [0.4, 0.5) is 53.6 Å². The summed E-state index contributed by atoms with van der Waals surface area (Å²) >= 11 is 6.44. The van der Waals surface area contributed by atoms with Crippen LogP contribution in [0.2, 0.25) is 0 Å². The molecule has 0 radical (unpaired) electrons. The zero-order chi connectivity index (χ0) is 68.9. The lowest BCUT2D eigenvalue weighted by Gasteiger charge is -2.18. The van der Waals surface area contributed by atoms with Gasteiger partial charge >= 0.3 is 30.3 Å². The van der Waals surface area contributed by atoms with Crippen LogP contribution in [0.15, 0.2) is 75.4 Å². The molecule has 0 spiro atoms. The molecule has 4 amide bonds. The van der Waals surface area contributed by atoms with Gasteiger partial charge < -0.3 is 44.4 Å². The van der Waals surface area contributed by atoms with Crippen molar-refractivity contribution in [3.8, 4) is 11.5 Å². The van der Waals surface area contributed by atoms with E-state index in [0.29, 0.717) is 87.4 Å². The number of hydrogen-bond acceptors (Lipinski definition) is 26. The van der Waals surface area contributed by atoms with Gasteiger partial charge in [-0.05, 0) is 132 Å². The Morgan fingerprint density at radius 2 is 0.772 bits per heavy atom. The summed E-state index contributed by atoms with van der Waals surface area (Å²) in [6.07, 6.45) is 0.731. The number of aliphatic hydroxyl groups excluding tert-OH is 1. The first kappa shape index (κ1) is 78.5. The van der Waals surface area contributed by atoms with Crippen LogP contribution in [-0.2, 0) is 70.1 Å². The van der Waals surface area contributed by atoms with Crippen LogP contribution in [0.5, 0.6) is 11.5 Å². The summed E-state index contributed by atoms with van der Waals surface area (Å²) in [7, 11) is -3.44. The van der Waals surface area contributed by atoms with E-state index in [2.05, 4.69) is 50.4 Å². The van der Waals surface area contributed by atoms with Crippen molar-refractivity contribution in [2.45, 2.75) is 138 Å². The lowest BCUT2D eigenvalue weighted by atomic mass is 10.2. The van der Waals surface area contributed by atoms with Crippen LogP contribution < -0.4 is 36.5 Å². The molecule has 0 bridgehead atoms. The van der Waals surface area contributed by atoms with Gasteiger partial charge in [0.25, 0.3) is 10.1 Å². The fourth-order valence-corrected chi connectivity index (χ4v) is 9.93. The molecule has 0 saturated carbocycles. The average molecular weight is 1400 g/mol. The van der Waals surface area contributed by atoms with Crippen LogP contribution in [0.25, 0.3) is 0 Å². The number of benzene rings is 2. The molecule has 92 heavy (non-hydrogen) atoms. The van der Waals surface area contributed by atoms with E-state index in [1.165, 1.54) is 69.6 Å². The van der Waals surface area contributed by atoms with Gasteiger partial charge in [-0.25, -0.2) is 52.9 Å². The molecule has 8 N–H and O–H groups in total. The molecule has 0 aliphatic carbocycles. The molecule has 0 fully saturated rings. The minimum Gasteiger partial charge on any atom is -0.493 e. The summed E-state index contributed by atoms with van der Waals surface area (Å²) in [5.74, 6) is -0.258. The average Bonchev–Trinajstić information content (AvgIpc) is 4.42. The van der Waals surface area contributed by atoms with E-state index in [9.17, 15) is 41.2 Å². The monoisotopic (exact) mass is 1400 g/mol. The zero-order valence-electron chi connectivity index (χ0n) is 53.0. The number of ether oxygens (including phenoxy) is 6. The van der Waals surface area contributed by atoms with Gasteiger partial charge in [0.1, 0.15) is 45.5 Å². The number of carboxylic acids is 1. The number of rotatable bonds is 20. The molecule has 7 rings (SSSR count). The summed E-state index contributed by atoms with van der Waals surface area (Å²) in [5, 5.41) is 38.5. The van der Waals surface area contributed by atoms with Crippen LogP contribution in [0.1, 0.15) is 112 Å². The largest absolute Gasteiger partial charge is 0.493 e. The third kappa shape index (κ3) is 38.2. The summed E-state index contributed by atoms with van der Waals surface area (Å²) in [5.41, 5.74) is 6.83. The molecule has 2 aromatic carbocycles. The maximum Gasteiger partial charge on any atom is 0.413 e. The molecule has 5 heterocycles. The number of carbonyl (C=O) groups excluding carboxylic acids is 4. The number of halogens is 2. The summed E-state index contributed by atoms with van der Waals surface area (Å²) in [6, 6.07) is 11.8. The Kier molecular flexibility index (Phi) is 32.2. The van der Waals surface area contributed by atoms with Crippen LogP contribution in [0, 0.1) is 11.6 Å². The molecule has 0 aliphatic rings. The number of amides is 4. The number of aromatic nitrogens is 5. The Labute approximate surface area is 552 Å². The van der Waals surface area contributed by atoms with E-state index in [0.717, 1.165) is 34.7 Å². The Hall–Kier alpha value is -7.73. The molecule has 7 aromatic rings. The Morgan fingerprint density at radius 1 is 0.478 bits per heavy atom. The number of nitrogens with zero attached hydrogens (tertiary/aromatic N) is 5. The predicted molar refractivity (Wildman–Crippen MR) is 352 cm³/mol. The molecule has 26 nitrogen and oxygen atoms in total. The maximum absolute atomic E-state index is 12.8. The molecule has 0 atom stereocenters. The van der Waals surface area contributed by atoms with Gasteiger partial charge in [0.2, 0.25) is 0 Å². The number of nitrogens with two attached hydrogens (primary N) is 1. The zero-order valence-corrected chi connectivity index (χ0v) is 57.9. The minimum atomic E-state index is -3.44. The summed E-state index contributed by atoms with van der Waals surface area (Å²) in [4.78, 5) is 76.9. The number of thiazole rings is 5. The van der Waals surface area contributed by atoms with Gasteiger partial charge in [-0.1, -0.05) is 0 Å². The van der Waals surface area contributed by atoms with E-state index in [1.807, 2.05) is 10.8 Å². The number of aliphatic hydroxyl groups is 1. The van der Waals surface area contributed by atoms with E-state index in [-0.39, 0.29) is 31.3 Å². The van der Waals surface area contributed by atoms with E-state index < -0.39 is 62.9 Å². The van der Waals surface area contributed by atoms with Crippen LogP contribution >= 0.6 is 56.7 Å². The number of carbonyl (C=O) groups is 5. The third-order valence-electron chi connectivity index (χ3n) is 9.45. The molecule has 0 aliphatic heterocycles. The van der Waals surface area contributed by atoms with Crippen molar-refractivity contribution in [1.29, 1.82) is 0 Å². The normalized spacial score (nSPS) is 11.2. The third-order valence-corrected chi connectivity index (χ3v) is 14.0. The van der Waals surface area contributed by atoms with Gasteiger partial charge in [0.15, 0.2) is 25.7 Å². The first-order valence-electron chi connectivity index (χ1n) is 27.7. The first-order chi connectivity index (χ1) is 42.8. The van der Waals surface area contributed by atoms with E-state index in [1.54, 1.807) is 123 Å². The first-order valence-corrected chi connectivity index (χ1v) is 33.9. The number of anilines is 5. The number of nitrogen functional groups attached to an aromatic ring is 1. The quantitative estimate of drug-likeness (QED) is 0.0275. The van der Waals surface area contributed by atoms with Gasteiger partial charge in [-0.3, -0.25) is 30.2 Å². The van der Waals surface area contributed by atoms with Crippen molar-refractivity contribution in [3.05, 3.63) is 116 Å². The molecular formula is C58H78F2N10O16S6. The fourth-order valence-electron chi connectivity index (χ4n) is 6.06. The van der Waals surface area contributed by atoms with Crippen LogP contribution in [0.3, 0.4) is 0 Å². The lowest BCUT2D eigenvalue weighted by Crippen LogP contribution is -2.27. The second-order valence-corrected chi connectivity index (χ2v) is 28.7. The van der Waals surface area contributed by atoms with Crippen molar-refractivity contribution in [2.24, 2.45) is 0 Å². The highest BCUT2D eigenvalue weighted by Gasteiger charge is 2.21. The standard InChI is InChI=1S/C16H19FN2O3S.C11H11FN2OS.C11H18N2O5S2.C10H14N2O4S.C10H16N2O3S/c1-16(2,3)22-15(20)19-14-18-12(10-23-14)8-9-21-13-6-4-11(17)5-7-13;12-8-1-3-10(4-2-8)15-6-5-9-7-16-11(13)14-9;1-11(2,3)18-10(14)13-9-12-8(7-19-9)5-6-17-20(4,15)16;1-10(2,3)16-9(15)12-8-11-6(5-17-8)4-7(13)14;1-10(2,3)15-9(14)12-8-11-7(4-5-13)6-16-8/h4-7,10H,8-9H2,1-3H3,(H,18,19,20);1-4,7H,5-6H2,(H2,13,14);7H,5-6H2,1-4H3,(H,12,13,14);5H,4H2,1-3H3,(H,13,14)(H,11,12,15);6,13H,4-5H2,1-3H3,(H,11,12,14). The van der Waals surface area contributed by atoms with Crippen molar-refractivity contribution in [1.82, 2.24) is 24.9 Å². The van der Waals surface area contributed by atoms with Gasteiger partial charge in [0, 0.05) is 59.2 Å². The number of hydrogen-bond donors (Lipinski definition) is 7. The molecule has 5 aromatic heterocycles. The fraction of sp³-hybridized carbons (Fsp3) is 0.448. The highest BCUT2D eigenvalue weighted by molar-refractivity contribution is 7.86. The van der Waals surface area contributed by atoms with Gasteiger partial charge in [-0.15, -0.1) is 56.7 Å². The van der Waals surface area contributed by atoms with Crippen molar-refractivity contribution >= 4 is 123 Å². The molecule has 0 unspecified atom stereocenters. The molecule has 506 valence electrons. The summed E-state index contributed by atoms with van der Waals surface area (Å²) < 4.78 is 82.9. The number of nitrogens with one attached hydrogen (secondary N) is 4. The predicted octanol–water partition coefficient (Wildman–Crippen LogP) is 12.9. The smallest absolute Gasteiger partial charge is 0.413 e. The minimum absolute atomic E-state index is 0.0223. The number of carboxylic acid groups (broad SMARTS) is 1. The molecular weight excluding hydrogens is 1320 g/mol. The van der Waals surface area contributed by atoms with Gasteiger partial charge in [0.05, 0.1) is 61.0 Å². The van der Waals surface area contributed by atoms with E-state index >= 15 is 0 Å². The second kappa shape index (κ2) is 37.7. The van der Waals surface area contributed by atoms with Crippen molar-refractivity contribution in [2.75, 3.05) is 59.7 Å². The number of aliphatic carboxylic acids is 1. The van der Waals surface area contributed by atoms with E-state index in [4.69, 9.17) is 44.4 Å².